The van der Waals surface area contributed by atoms with Gasteiger partial charge in [0.05, 0.1) is 5.69 Å². The van der Waals surface area contributed by atoms with E-state index < -0.39 is 0 Å². The molecule has 1 heterocycles. The van der Waals surface area contributed by atoms with Crippen molar-refractivity contribution >= 4 is 0 Å². The average Bonchev–Trinajstić information content (AvgIpc) is 2.15. The molecule has 0 spiro atoms. The lowest BCUT2D eigenvalue weighted by Gasteiger charge is -2.01. The van der Waals surface area contributed by atoms with Crippen molar-refractivity contribution in [1.82, 2.24) is 15.5 Å². The molecule has 0 saturated heterocycles. The predicted molar refractivity (Wildman–Crippen MR) is 50.2 cm³/mol. The first-order valence-electron chi connectivity index (χ1n) is 4.28. The summed E-state index contributed by atoms with van der Waals surface area (Å²) >= 11 is 0. The zero-order chi connectivity index (χ0) is 9.52. The topological polar surface area (TPSA) is 83.8 Å². The SMILES string of the molecule is NCCCNCc1ccc(=O)[nH]n1. The second-order valence-electron chi connectivity index (χ2n) is 2.73. The third kappa shape index (κ3) is 3.82. The molecule has 0 bridgehead atoms. The van der Waals surface area contributed by atoms with Gasteiger partial charge in [0.25, 0.3) is 5.56 Å². The summed E-state index contributed by atoms with van der Waals surface area (Å²) in [6.07, 6.45) is 0.948. The van der Waals surface area contributed by atoms with Gasteiger partial charge in [-0.05, 0) is 25.6 Å². The Kier molecular flexibility index (Phi) is 4.14. The van der Waals surface area contributed by atoms with Gasteiger partial charge in [-0.1, -0.05) is 0 Å². The summed E-state index contributed by atoms with van der Waals surface area (Å²) < 4.78 is 0. The van der Waals surface area contributed by atoms with Crippen molar-refractivity contribution in [2.45, 2.75) is 13.0 Å². The zero-order valence-corrected chi connectivity index (χ0v) is 7.42. The first-order chi connectivity index (χ1) is 6.33. The van der Waals surface area contributed by atoms with Gasteiger partial charge in [-0.2, -0.15) is 5.10 Å². The highest BCUT2D eigenvalue weighted by molar-refractivity contribution is 4.98. The van der Waals surface area contributed by atoms with Gasteiger partial charge in [0.1, 0.15) is 0 Å². The van der Waals surface area contributed by atoms with E-state index in [0.717, 1.165) is 18.7 Å². The molecule has 0 aromatic carbocycles. The Hall–Kier alpha value is -1.20. The molecule has 0 aliphatic carbocycles. The van der Waals surface area contributed by atoms with Gasteiger partial charge in [-0.15, -0.1) is 0 Å². The summed E-state index contributed by atoms with van der Waals surface area (Å²) in [5, 5.41) is 9.37. The highest BCUT2D eigenvalue weighted by Gasteiger charge is 1.92. The molecule has 0 fully saturated rings. The molecular formula is C8H14N4O. The van der Waals surface area contributed by atoms with Gasteiger partial charge in [-0.25, -0.2) is 5.10 Å². The Morgan fingerprint density at radius 2 is 2.38 bits per heavy atom. The first-order valence-corrected chi connectivity index (χ1v) is 4.28. The van der Waals surface area contributed by atoms with Crippen LogP contribution in [0.2, 0.25) is 0 Å². The molecule has 5 heteroatoms. The van der Waals surface area contributed by atoms with Crippen LogP contribution < -0.4 is 16.6 Å². The molecule has 13 heavy (non-hydrogen) atoms. The van der Waals surface area contributed by atoms with Gasteiger partial charge in [0, 0.05) is 12.6 Å². The van der Waals surface area contributed by atoms with E-state index in [1.165, 1.54) is 6.07 Å². The second kappa shape index (κ2) is 5.45. The number of aromatic nitrogens is 2. The van der Waals surface area contributed by atoms with Gasteiger partial charge < -0.3 is 11.1 Å². The lowest BCUT2D eigenvalue weighted by Crippen LogP contribution is -2.19. The molecule has 1 rings (SSSR count). The minimum Gasteiger partial charge on any atom is -0.330 e. The zero-order valence-electron chi connectivity index (χ0n) is 7.42. The summed E-state index contributed by atoms with van der Waals surface area (Å²) in [7, 11) is 0. The van der Waals surface area contributed by atoms with Crippen LogP contribution in [0.3, 0.4) is 0 Å². The first kappa shape index (κ1) is 9.88. The standard InChI is InChI=1S/C8H14N4O/c9-4-1-5-10-6-7-2-3-8(13)12-11-7/h2-3,10H,1,4-6,9H2,(H,12,13). The van der Waals surface area contributed by atoms with Crippen LogP contribution in [0.15, 0.2) is 16.9 Å². The summed E-state index contributed by atoms with van der Waals surface area (Å²) in [5.41, 5.74) is 5.98. The molecule has 0 radical (unpaired) electrons. The monoisotopic (exact) mass is 182 g/mol. The maximum absolute atomic E-state index is 10.6. The van der Waals surface area contributed by atoms with E-state index in [4.69, 9.17) is 5.73 Å². The van der Waals surface area contributed by atoms with Gasteiger partial charge in [-0.3, -0.25) is 4.79 Å². The summed E-state index contributed by atoms with van der Waals surface area (Å²) in [4.78, 5) is 10.6. The lowest BCUT2D eigenvalue weighted by atomic mass is 10.3. The summed E-state index contributed by atoms with van der Waals surface area (Å²) in [6, 6.07) is 3.17. The minimum absolute atomic E-state index is 0.175. The van der Waals surface area contributed by atoms with Crippen molar-refractivity contribution in [3.63, 3.8) is 0 Å². The van der Waals surface area contributed by atoms with E-state index in [1.54, 1.807) is 6.07 Å². The van der Waals surface area contributed by atoms with E-state index in [0.29, 0.717) is 13.1 Å². The Morgan fingerprint density at radius 1 is 1.54 bits per heavy atom. The van der Waals surface area contributed by atoms with Crippen molar-refractivity contribution in [2.75, 3.05) is 13.1 Å². The molecule has 72 valence electrons. The van der Waals surface area contributed by atoms with E-state index in [9.17, 15) is 4.79 Å². The minimum atomic E-state index is -0.175. The highest BCUT2D eigenvalue weighted by Crippen LogP contribution is 1.86. The number of nitrogens with zero attached hydrogens (tertiary/aromatic N) is 1. The molecule has 0 amide bonds. The Morgan fingerprint density at radius 3 is 3.00 bits per heavy atom. The van der Waals surface area contributed by atoms with Crippen LogP contribution in [0.5, 0.6) is 0 Å². The van der Waals surface area contributed by atoms with Crippen LogP contribution in [0.4, 0.5) is 0 Å². The van der Waals surface area contributed by atoms with Crippen molar-refractivity contribution in [2.24, 2.45) is 5.73 Å². The smallest absolute Gasteiger partial charge is 0.264 e. The molecule has 0 atom stereocenters. The third-order valence-electron chi connectivity index (χ3n) is 1.60. The Bertz CT molecular complexity index is 276. The van der Waals surface area contributed by atoms with E-state index in [-0.39, 0.29) is 5.56 Å². The largest absolute Gasteiger partial charge is 0.330 e. The van der Waals surface area contributed by atoms with Crippen LogP contribution in [0, 0.1) is 0 Å². The van der Waals surface area contributed by atoms with Gasteiger partial charge in [0.2, 0.25) is 0 Å². The maximum atomic E-state index is 10.6. The predicted octanol–water partition coefficient (Wildman–Crippen LogP) is -0.792. The van der Waals surface area contributed by atoms with E-state index in [1.807, 2.05) is 0 Å². The Labute approximate surface area is 76.4 Å². The average molecular weight is 182 g/mol. The van der Waals surface area contributed by atoms with Crippen LogP contribution in [0.25, 0.3) is 0 Å². The van der Waals surface area contributed by atoms with Crippen LogP contribution in [0.1, 0.15) is 12.1 Å². The number of H-pyrrole nitrogens is 1. The number of nitrogens with two attached hydrogens (primary N) is 1. The van der Waals surface area contributed by atoms with Crippen LogP contribution >= 0.6 is 0 Å². The van der Waals surface area contributed by atoms with Crippen LogP contribution in [-0.2, 0) is 6.54 Å². The fourth-order valence-corrected chi connectivity index (χ4v) is 0.915. The van der Waals surface area contributed by atoms with Crippen molar-refractivity contribution < 1.29 is 0 Å². The van der Waals surface area contributed by atoms with Crippen molar-refractivity contribution in [3.05, 3.63) is 28.2 Å². The van der Waals surface area contributed by atoms with Crippen molar-refractivity contribution in [1.29, 1.82) is 0 Å². The molecular weight excluding hydrogens is 168 g/mol. The second-order valence-corrected chi connectivity index (χ2v) is 2.73. The fourth-order valence-electron chi connectivity index (χ4n) is 0.915. The number of aromatic amines is 1. The molecule has 0 saturated carbocycles. The molecule has 1 aromatic heterocycles. The molecule has 5 nitrogen and oxygen atoms in total. The summed E-state index contributed by atoms with van der Waals surface area (Å²) in [6.45, 7) is 2.22. The van der Waals surface area contributed by atoms with Gasteiger partial charge in [0.15, 0.2) is 0 Å². The van der Waals surface area contributed by atoms with E-state index in [2.05, 4.69) is 15.5 Å². The number of rotatable bonds is 5. The van der Waals surface area contributed by atoms with Crippen molar-refractivity contribution in [3.8, 4) is 0 Å². The number of nitrogens with one attached hydrogen (secondary N) is 2. The van der Waals surface area contributed by atoms with Gasteiger partial charge >= 0.3 is 0 Å². The lowest BCUT2D eigenvalue weighted by molar-refractivity contribution is 0.639. The fraction of sp³-hybridized carbons (Fsp3) is 0.500. The molecule has 1 aromatic rings. The number of hydrogen-bond donors (Lipinski definition) is 3. The normalized spacial score (nSPS) is 10.2. The molecule has 0 unspecified atom stereocenters. The van der Waals surface area contributed by atoms with E-state index >= 15 is 0 Å². The Balaban J connectivity index is 2.29. The molecule has 4 N–H and O–H groups in total. The molecule has 0 aliphatic rings. The number of hydrogen-bond acceptors (Lipinski definition) is 4. The molecule has 0 aliphatic heterocycles. The quantitative estimate of drug-likeness (QED) is 0.521. The summed E-state index contributed by atoms with van der Waals surface area (Å²) in [5.74, 6) is 0. The third-order valence-corrected chi connectivity index (χ3v) is 1.60. The maximum Gasteiger partial charge on any atom is 0.264 e. The highest BCUT2D eigenvalue weighted by atomic mass is 16.1. The van der Waals surface area contributed by atoms with Crippen LogP contribution in [-0.4, -0.2) is 23.3 Å².